The first-order valence-corrected chi connectivity index (χ1v) is 5.31. The van der Waals surface area contributed by atoms with E-state index in [1.807, 2.05) is 31.2 Å². The van der Waals surface area contributed by atoms with Crippen molar-refractivity contribution in [3.63, 3.8) is 0 Å². The van der Waals surface area contributed by atoms with Gasteiger partial charge in [0.2, 0.25) is 0 Å². The first-order chi connectivity index (χ1) is 7.83. The third-order valence-corrected chi connectivity index (χ3v) is 2.58. The van der Waals surface area contributed by atoms with E-state index in [1.54, 1.807) is 6.20 Å². The molecule has 1 aromatic carbocycles. The molecule has 0 aliphatic carbocycles. The lowest BCUT2D eigenvalue weighted by Crippen LogP contribution is -2.09. The van der Waals surface area contributed by atoms with Gasteiger partial charge in [-0.3, -0.25) is 4.98 Å². The van der Waals surface area contributed by atoms with Crippen LogP contribution in [0.2, 0.25) is 0 Å². The predicted octanol–water partition coefficient (Wildman–Crippen LogP) is 2.65. The highest BCUT2D eigenvalue weighted by molar-refractivity contribution is 5.82. The second kappa shape index (κ2) is 4.78. The number of hydrogen-bond donors (Lipinski definition) is 1. The molecule has 80 valence electrons. The Labute approximate surface area is 95.5 Å². The summed E-state index contributed by atoms with van der Waals surface area (Å²) in [5.41, 5.74) is 8.22. The molecule has 0 bridgehead atoms. The van der Waals surface area contributed by atoms with Gasteiger partial charge in [0.1, 0.15) is 0 Å². The molecule has 0 radical (unpaired) electrons. The highest BCUT2D eigenvalue weighted by atomic mass is 14.7. The predicted molar refractivity (Wildman–Crippen MR) is 66.7 cm³/mol. The van der Waals surface area contributed by atoms with Gasteiger partial charge in [-0.2, -0.15) is 0 Å². The van der Waals surface area contributed by atoms with Crippen molar-refractivity contribution in [2.24, 2.45) is 5.73 Å². The smallest absolute Gasteiger partial charge is 0.0705 e. The highest BCUT2D eigenvalue weighted by Crippen LogP contribution is 2.22. The van der Waals surface area contributed by atoms with Crippen LogP contribution >= 0.6 is 0 Å². The molecule has 2 N–H and O–H groups in total. The summed E-state index contributed by atoms with van der Waals surface area (Å²) in [6, 6.07) is 9.98. The van der Waals surface area contributed by atoms with Crippen LogP contribution in [0.5, 0.6) is 0 Å². The van der Waals surface area contributed by atoms with Crippen LogP contribution in [0.1, 0.15) is 24.9 Å². The third kappa shape index (κ3) is 2.05. The van der Waals surface area contributed by atoms with Gasteiger partial charge in [-0.15, -0.1) is 11.8 Å². The summed E-state index contributed by atoms with van der Waals surface area (Å²) < 4.78 is 0. The Hall–Kier alpha value is -1.85. The number of aromatic nitrogens is 1. The van der Waals surface area contributed by atoms with Crippen molar-refractivity contribution in [3.05, 3.63) is 42.1 Å². The van der Waals surface area contributed by atoms with Crippen LogP contribution in [-0.4, -0.2) is 4.98 Å². The van der Waals surface area contributed by atoms with Crippen molar-refractivity contribution in [1.82, 2.24) is 4.98 Å². The summed E-state index contributed by atoms with van der Waals surface area (Å²) in [6.45, 7) is 1.83. The number of nitrogens with two attached hydrogens (primary N) is 1. The summed E-state index contributed by atoms with van der Waals surface area (Å²) >= 11 is 0. The molecule has 0 fully saturated rings. The molecule has 2 nitrogen and oxygen atoms in total. The fourth-order valence-electron chi connectivity index (χ4n) is 1.77. The molecule has 0 aliphatic rings. The molecular weight excluding hydrogens is 196 g/mol. The second-order valence-electron chi connectivity index (χ2n) is 3.65. The molecule has 0 saturated heterocycles. The van der Waals surface area contributed by atoms with Gasteiger partial charge in [-0.25, -0.2) is 0 Å². The minimum absolute atomic E-state index is 0.0413. The van der Waals surface area contributed by atoms with Crippen LogP contribution in [0.15, 0.2) is 36.5 Å². The Balaban J connectivity index is 2.46. The van der Waals surface area contributed by atoms with E-state index in [9.17, 15) is 0 Å². The van der Waals surface area contributed by atoms with Crippen LogP contribution in [-0.2, 0) is 0 Å². The van der Waals surface area contributed by atoms with Crippen molar-refractivity contribution in [3.8, 4) is 11.8 Å². The number of pyridine rings is 1. The van der Waals surface area contributed by atoms with Gasteiger partial charge < -0.3 is 5.73 Å². The molecular formula is C14H14N2. The van der Waals surface area contributed by atoms with Crippen molar-refractivity contribution in [1.29, 1.82) is 0 Å². The Kier molecular flexibility index (Phi) is 3.19. The van der Waals surface area contributed by atoms with E-state index in [1.165, 1.54) is 0 Å². The summed E-state index contributed by atoms with van der Waals surface area (Å²) in [4.78, 5) is 4.31. The highest BCUT2D eigenvalue weighted by Gasteiger charge is 2.08. The molecule has 2 heteroatoms. The van der Waals surface area contributed by atoms with E-state index in [4.69, 9.17) is 5.73 Å². The molecule has 16 heavy (non-hydrogen) atoms. The normalized spacial score (nSPS) is 11.9. The maximum absolute atomic E-state index is 6.12. The van der Waals surface area contributed by atoms with Crippen LogP contribution in [0.25, 0.3) is 10.9 Å². The topological polar surface area (TPSA) is 38.9 Å². The van der Waals surface area contributed by atoms with Crippen molar-refractivity contribution in [2.45, 2.75) is 19.4 Å². The Morgan fingerprint density at radius 1 is 1.31 bits per heavy atom. The lowest BCUT2D eigenvalue weighted by Gasteiger charge is -2.11. The summed E-state index contributed by atoms with van der Waals surface area (Å²) in [7, 11) is 0. The van der Waals surface area contributed by atoms with Gasteiger partial charge in [0.05, 0.1) is 5.52 Å². The van der Waals surface area contributed by atoms with Crippen molar-refractivity contribution < 1.29 is 0 Å². The third-order valence-electron chi connectivity index (χ3n) is 2.58. The molecule has 1 atom stereocenters. The molecule has 0 aliphatic heterocycles. The largest absolute Gasteiger partial charge is 0.323 e. The summed E-state index contributed by atoms with van der Waals surface area (Å²) in [6.07, 6.45) is 2.48. The zero-order chi connectivity index (χ0) is 11.4. The number of rotatable bonds is 2. The molecule has 0 saturated carbocycles. The Bertz CT molecular complexity index is 544. The number of hydrogen-bond acceptors (Lipinski definition) is 2. The second-order valence-corrected chi connectivity index (χ2v) is 3.65. The average Bonchev–Trinajstić information content (AvgIpc) is 2.35. The lowest BCUT2D eigenvalue weighted by atomic mass is 10.00. The fraction of sp³-hybridized carbons (Fsp3) is 0.214. The molecule has 0 amide bonds. The molecule has 0 spiro atoms. The minimum atomic E-state index is -0.0413. The van der Waals surface area contributed by atoms with E-state index < -0.39 is 0 Å². The molecule has 2 aromatic rings. The SMILES string of the molecule is CC#CCC(N)c1cccc2ncccc12. The monoisotopic (exact) mass is 210 g/mol. The van der Waals surface area contributed by atoms with E-state index in [0.29, 0.717) is 6.42 Å². The number of fused-ring (bicyclic) bond motifs is 1. The van der Waals surface area contributed by atoms with Crippen molar-refractivity contribution >= 4 is 10.9 Å². The van der Waals surface area contributed by atoms with E-state index in [-0.39, 0.29) is 6.04 Å². The number of benzene rings is 1. The van der Waals surface area contributed by atoms with Gasteiger partial charge >= 0.3 is 0 Å². The van der Waals surface area contributed by atoms with E-state index in [0.717, 1.165) is 16.5 Å². The fourth-order valence-corrected chi connectivity index (χ4v) is 1.77. The van der Waals surface area contributed by atoms with E-state index in [2.05, 4.69) is 22.9 Å². The number of nitrogens with zero attached hydrogens (tertiary/aromatic N) is 1. The zero-order valence-electron chi connectivity index (χ0n) is 9.27. The molecule has 1 heterocycles. The van der Waals surface area contributed by atoms with Gasteiger partial charge in [-0.05, 0) is 24.6 Å². The Morgan fingerprint density at radius 3 is 3.00 bits per heavy atom. The molecule has 2 rings (SSSR count). The summed E-state index contributed by atoms with van der Waals surface area (Å²) in [5, 5.41) is 1.12. The average molecular weight is 210 g/mol. The maximum Gasteiger partial charge on any atom is 0.0705 e. The van der Waals surface area contributed by atoms with E-state index >= 15 is 0 Å². The van der Waals surface area contributed by atoms with Crippen molar-refractivity contribution in [2.75, 3.05) is 0 Å². The summed E-state index contributed by atoms with van der Waals surface area (Å²) in [5.74, 6) is 5.89. The van der Waals surface area contributed by atoms with Crippen LogP contribution in [0.4, 0.5) is 0 Å². The zero-order valence-corrected chi connectivity index (χ0v) is 9.27. The van der Waals surface area contributed by atoms with Gasteiger partial charge in [0.15, 0.2) is 0 Å². The van der Waals surface area contributed by atoms with Crippen LogP contribution in [0.3, 0.4) is 0 Å². The van der Waals surface area contributed by atoms with Crippen LogP contribution in [0, 0.1) is 11.8 Å². The van der Waals surface area contributed by atoms with Gasteiger partial charge in [-0.1, -0.05) is 18.2 Å². The van der Waals surface area contributed by atoms with Gasteiger partial charge in [0.25, 0.3) is 0 Å². The molecule has 1 aromatic heterocycles. The standard InChI is InChI=1S/C14H14N2/c1-2-3-8-13(15)11-6-4-9-14-12(11)7-5-10-16-14/h4-7,9-10,13H,8,15H2,1H3. The Morgan fingerprint density at radius 2 is 2.19 bits per heavy atom. The van der Waals surface area contributed by atoms with Gasteiger partial charge in [0, 0.05) is 24.0 Å². The first kappa shape index (κ1) is 10.7. The first-order valence-electron chi connectivity index (χ1n) is 5.31. The maximum atomic E-state index is 6.12. The molecule has 1 unspecified atom stereocenters. The lowest BCUT2D eigenvalue weighted by molar-refractivity contribution is 0.761. The van der Waals surface area contributed by atoms with Crippen LogP contribution < -0.4 is 5.73 Å². The quantitative estimate of drug-likeness (QED) is 0.774. The minimum Gasteiger partial charge on any atom is -0.323 e.